The third-order valence-corrected chi connectivity index (χ3v) is 2.45. The second-order valence-electron chi connectivity index (χ2n) is 3.98. The molecule has 0 saturated carbocycles. The zero-order valence-corrected chi connectivity index (χ0v) is 9.66. The molecule has 0 radical (unpaired) electrons. The van der Waals surface area contributed by atoms with Crippen molar-refractivity contribution in [3.63, 3.8) is 0 Å². The normalized spacial score (nSPS) is 19.5. The van der Waals surface area contributed by atoms with Crippen molar-refractivity contribution >= 4 is 0 Å². The third-order valence-electron chi connectivity index (χ3n) is 2.45. The van der Waals surface area contributed by atoms with Gasteiger partial charge in [-0.25, -0.2) is 0 Å². The first-order valence-electron chi connectivity index (χ1n) is 5.67. The average molecular weight is 204 g/mol. The van der Waals surface area contributed by atoms with Crippen LogP contribution in [0.2, 0.25) is 0 Å². The van der Waals surface area contributed by atoms with E-state index in [1.165, 1.54) is 18.4 Å². The maximum atomic E-state index is 9.60. The summed E-state index contributed by atoms with van der Waals surface area (Å²) in [5, 5.41) is 9.60. The molecule has 0 amide bonds. The van der Waals surface area contributed by atoms with Gasteiger partial charge in [0.25, 0.3) is 0 Å². The molecule has 0 aromatic heterocycles. The van der Waals surface area contributed by atoms with Crippen LogP contribution >= 0.6 is 0 Å². The molecule has 0 aromatic rings. The zero-order chi connectivity index (χ0) is 11.1. The van der Waals surface area contributed by atoms with Crippen LogP contribution in [-0.2, 0) is 0 Å². The molecule has 0 unspecified atom stereocenters. The summed E-state index contributed by atoms with van der Waals surface area (Å²) < 4.78 is 0. The number of hydrogen-bond acceptors (Lipinski definition) is 1. The van der Waals surface area contributed by atoms with E-state index in [4.69, 9.17) is 0 Å². The molecular formula is C14H20O. The van der Waals surface area contributed by atoms with Crippen LogP contribution in [0, 0.1) is 0 Å². The van der Waals surface area contributed by atoms with Crippen LogP contribution in [0.5, 0.6) is 0 Å². The molecule has 0 spiro atoms. The first-order chi connectivity index (χ1) is 7.24. The van der Waals surface area contributed by atoms with Crippen molar-refractivity contribution in [2.24, 2.45) is 0 Å². The van der Waals surface area contributed by atoms with Crippen LogP contribution in [0.1, 0.15) is 39.5 Å². The molecule has 82 valence electrons. The molecule has 1 aliphatic rings. The van der Waals surface area contributed by atoms with Crippen LogP contribution in [0.15, 0.2) is 47.3 Å². The van der Waals surface area contributed by atoms with Crippen molar-refractivity contribution in [1.82, 2.24) is 0 Å². The number of aliphatic hydroxyl groups is 1. The molecule has 1 heteroatoms. The van der Waals surface area contributed by atoms with Crippen LogP contribution in [0.3, 0.4) is 0 Å². The van der Waals surface area contributed by atoms with Gasteiger partial charge in [-0.1, -0.05) is 49.6 Å². The van der Waals surface area contributed by atoms with E-state index >= 15 is 0 Å². The lowest BCUT2D eigenvalue weighted by molar-refractivity contribution is 0.422. The minimum atomic E-state index is 0.403. The second kappa shape index (κ2) is 6.28. The van der Waals surface area contributed by atoms with E-state index in [-0.39, 0.29) is 0 Å². The Morgan fingerprint density at radius 1 is 1.47 bits per heavy atom. The molecule has 0 bridgehead atoms. The van der Waals surface area contributed by atoms with Gasteiger partial charge in [0.2, 0.25) is 0 Å². The van der Waals surface area contributed by atoms with E-state index in [2.05, 4.69) is 19.9 Å². The van der Waals surface area contributed by atoms with Gasteiger partial charge < -0.3 is 5.11 Å². The lowest BCUT2D eigenvalue weighted by atomic mass is 10.0. The SMILES string of the molecule is CCCC/C=C/C=C1/C=C(C)CC=C1O. The highest BCUT2D eigenvalue weighted by Crippen LogP contribution is 2.20. The summed E-state index contributed by atoms with van der Waals surface area (Å²) in [4.78, 5) is 0. The van der Waals surface area contributed by atoms with Gasteiger partial charge in [-0.15, -0.1) is 0 Å². The smallest absolute Gasteiger partial charge is 0.119 e. The topological polar surface area (TPSA) is 20.2 Å². The maximum absolute atomic E-state index is 9.60. The molecule has 1 N–H and O–H groups in total. The third kappa shape index (κ3) is 4.20. The van der Waals surface area contributed by atoms with Crippen LogP contribution in [-0.4, -0.2) is 5.11 Å². The molecule has 1 rings (SSSR count). The molecular weight excluding hydrogens is 184 g/mol. The van der Waals surface area contributed by atoms with E-state index in [0.29, 0.717) is 5.76 Å². The van der Waals surface area contributed by atoms with Crippen molar-refractivity contribution in [1.29, 1.82) is 0 Å². The standard InChI is InChI=1S/C14H20O/c1-3-4-5-6-7-8-13-11-12(2)9-10-14(13)15/h6-8,10-11,15H,3-5,9H2,1-2H3/b7-6+,13-8-. The highest BCUT2D eigenvalue weighted by atomic mass is 16.3. The van der Waals surface area contributed by atoms with E-state index < -0.39 is 0 Å². The molecule has 0 aromatic carbocycles. The summed E-state index contributed by atoms with van der Waals surface area (Å²) in [7, 11) is 0. The van der Waals surface area contributed by atoms with Gasteiger partial charge in [0.15, 0.2) is 0 Å². The molecule has 1 nitrogen and oxygen atoms in total. The molecule has 0 fully saturated rings. The Hall–Kier alpha value is -1.24. The summed E-state index contributed by atoms with van der Waals surface area (Å²) in [6.07, 6.45) is 14.5. The second-order valence-corrected chi connectivity index (χ2v) is 3.98. The highest BCUT2D eigenvalue weighted by Gasteiger charge is 2.04. The van der Waals surface area contributed by atoms with Crippen molar-refractivity contribution in [3.8, 4) is 0 Å². The summed E-state index contributed by atoms with van der Waals surface area (Å²) in [6, 6.07) is 0. The van der Waals surface area contributed by atoms with Crippen molar-refractivity contribution in [2.75, 3.05) is 0 Å². The summed E-state index contributed by atoms with van der Waals surface area (Å²) in [5.41, 5.74) is 2.22. The number of hydrogen-bond donors (Lipinski definition) is 1. The predicted molar refractivity (Wildman–Crippen MR) is 65.8 cm³/mol. The van der Waals surface area contributed by atoms with Crippen molar-refractivity contribution < 1.29 is 5.11 Å². The Bertz CT molecular complexity index is 316. The molecule has 0 heterocycles. The fraction of sp³-hybridized carbons (Fsp3) is 0.429. The van der Waals surface area contributed by atoms with Crippen molar-refractivity contribution in [3.05, 3.63) is 47.3 Å². The first kappa shape index (κ1) is 11.8. The molecule has 1 aliphatic carbocycles. The highest BCUT2D eigenvalue weighted by molar-refractivity contribution is 5.43. The average Bonchev–Trinajstić information content (AvgIpc) is 2.23. The van der Waals surface area contributed by atoms with Gasteiger partial charge >= 0.3 is 0 Å². The minimum Gasteiger partial charge on any atom is -0.508 e. The number of aliphatic hydroxyl groups excluding tert-OH is 1. The molecule has 0 aliphatic heterocycles. The summed E-state index contributed by atoms with van der Waals surface area (Å²) in [6.45, 7) is 4.27. The zero-order valence-electron chi connectivity index (χ0n) is 9.66. The van der Waals surface area contributed by atoms with E-state index in [0.717, 1.165) is 18.4 Å². The summed E-state index contributed by atoms with van der Waals surface area (Å²) >= 11 is 0. The Morgan fingerprint density at radius 2 is 2.27 bits per heavy atom. The van der Waals surface area contributed by atoms with E-state index in [1.807, 2.05) is 24.3 Å². The van der Waals surface area contributed by atoms with Crippen LogP contribution in [0.25, 0.3) is 0 Å². The maximum Gasteiger partial charge on any atom is 0.119 e. The number of rotatable bonds is 4. The first-order valence-corrected chi connectivity index (χ1v) is 5.67. The van der Waals surface area contributed by atoms with Gasteiger partial charge in [-0.3, -0.25) is 0 Å². The fourth-order valence-electron chi connectivity index (χ4n) is 1.50. The van der Waals surface area contributed by atoms with Gasteiger partial charge in [-0.2, -0.15) is 0 Å². The minimum absolute atomic E-state index is 0.403. The largest absolute Gasteiger partial charge is 0.508 e. The Kier molecular flexibility index (Phi) is 4.96. The van der Waals surface area contributed by atoms with Gasteiger partial charge in [0.05, 0.1) is 0 Å². The number of allylic oxidation sites excluding steroid dienone is 6. The number of unbranched alkanes of at least 4 members (excludes halogenated alkanes) is 2. The fourth-order valence-corrected chi connectivity index (χ4v) is 1.50. The quantitative estimate of drug-likeness (QED) is 0.671. The molecule has 0 atom stereocenters. The predicted octanol–water partition coefficient (Wildman–Crippen LogP) is 4.45. The van der Waals surface area contributed by atoms with Gasteiger partial charge in [0.1, 0.15) is 5.76 Å². The Labute approximate surface area is 92.5 Å². The van der Waals surface area contributed by atoms with Crippen LogP contribution < -0.4 is 0 Å². The lowest BCUT2D eigenvalue weighted by Gasteiger charge is -2.08. The molecule has 15 heavy (non-hydrogen) atoms. The molecule has 0 saturated heterocycles. The van der Waals surface area contributed by atoms with Gasteiger partial charge in [0, 0.05) is 5.57 Å². The van der Waals surface area contributed by atoms with Crippen LogP contribution in [0.4, 0.5) is 0 Å². The van der Waals surface area contributed by atoms with Gasteiger partial charge in [-0.05, 0) is 25.8 Å². The monoisotopic (exact) mass is 204 g/mol. The lowest BCUT2D eigenvalue weighted by Crippen LogP contribution is -1.92. The Balaban J connectivity index is 2.54. The summed E-state index contributed by atoms with van der Waals surface area (Å²) in [5.74, 6) is 0.403. The Morgan fingerprint density at radius 3 is 3.00 bits per heavy atom. The van der Waals surface area contributed by atoms with Crippen molar-refractivity contribution in [2.45, 2.75) is 39.5 Å². The van der Waals surface area contributed by atoms with E-state index in [1.54, 1.807) is 0 Å². The van der Waals surface area contributed by atoms with E-state index in [9.17, 15) is 5.11 Å².